The summed E-state index contributed by atoms with van der Waals surface area (Å²) < 4.78 is 0. The summed E-state index contributed by atoms with van der Waals surface area (Å²) in [6, 6.07) is 2.22. The van der Waals surface area contributed by atoms with Gasteiger partial charge >= 0.3 is 0 Å². The molecule has 0 atom stereocenters. The van der Waals surface area contributed by atoms with E-state index in [4.69, 9.17) is 5.11 Å². The van der Waals surface area contributed by atoms with Crippen molar-refractivity contribution in [2.75, 3.05) is 18.5 Å². The van der Waals surface area contributed by atoms with Crippen molar-refractivity contribution in [2.45, 2.75) is 57.9 Å². The minimum Gasteiger partial charge on any atom is -0.387 e. The number of hydrogen-bond acceptors (Lipinski definition) is 5. The largest absolute Gasteiger partial charge is 0.387 e. The predicted molar refractivity (Wildman–Crippen MR) is 99.7 cm³/mol. The van der Waals surface area contributed by atoms with Crippen molar-refractivity contribution < 1.29 is 14.7 Å². The van der Waals surface area contributed by atoms with Gasteiger partial charge in [0.25, 0.3) is 0 Å². The Morgan fingerprint density at radius 2 is 2.08 bits per heavy atom. The van der Waals surface area contributed by atoms with Crippen molar-refractivity contribution in [1.29, 1.82) is 5.26 Å². The number of aliphatic hydroxyl groups is 1. The standard InChI is InChI=1S/C19H25N3O3S/c20-10-15-14-8-9-22(18(25)12-23)11-16(14)26-19(15)21-17(24)7-6-13-4-2-1-3-5-13/h13,23H,1-9,11-12H2,(H,21,24). The van der Waals surface area contributed by atoms with Gasteiger partial charge in [-0.1, -0.05) is 32.1 Å². The zero-order valence-corrected chi connectivity index (χ0v) is 15.7. The fourth-order valence-electron chi connectivity index (χ4n) is 3.92. The zero-order chi connectivity index (χ0) is 18.5. The quantitative estimate of drug-likeness (QED) is 0.827. The van der Waals surface area contributed by atoms with Gasteiger partial charge in [-0.3, -0.25) is 9.59 Å². The lowest BCUT2D eigenvalue weighted by Gasteiger charge is -2.26. The number of nitrogens with zero attached hydrogens (tertiary/aromatic N) is 2. The van der Waals surface area contributed by atoms with Gasteiger partial charge in [-0.05, 0) is 24.3 Å². The Kier molecular flexibility index (Phi) is 6.28. The molecule has 26 heavy (non-hydrogen) atoms. The van der Waals surface area contributed by atoms with Gasteiger partial charge < -0.3 is 15.3 Å². The van der Waals surface area contributed by atoms with E-state index in [1.807, 2.05) is 0 Å². The lowest BCUT2D eigenvalue weighted by molar-refractivity contribution is -0.135. The Bertz CT molecular complexity index is 716. The maximum Gasteiger partial charge on any atom is 0.248 e. The lowest BCUT2D eigenvalue weighted by Crippen LogP contribution is -2.37. The number of nitrogens with one attached hydrogen (secondary N) is 1. The number of rotatable bonds is 5. The highest BCUT2D eigenvalue weighted by Gasteiger charge is 2.27. The van der Waals surface area contributed by atoms with Crippen molar-refractivity contribution in [3.8, 4) is 6.07 Å². The zero-order valence-electron chi connectivity index (χ0n) is 14.9. The summed E-state index contributed by atoms with van der Waals surface area (Å²) in [7, 11) is 0. The van der Waals surface area contributed by atoms with Crippen molar-refractivity contribution in [2.24, 2.45) is 5.92 Å². The first kappa shape index (κ1) is 18.9. The molecule has 2 N–H and O–H groups in total. The molecule has 0 spiro atoms. The van der Waals surface area contributed by atoms with E-state index in [1.165, 1.54) is 43.4 Å². The van der Waals surface area contributed by atoms with E-state index in [0.717, 1.165) is 16.9 Å². The van der Waals surface area contributed by atoms with Crippen LogP contribution in [0, 0.1) is 17.2 Å². The van der Waals surface area contributed by atoms with Gasteiger partial charge in [0, 0.05) is 17.8 Å². The lowest BCUT2D eigenvalue weighted by atomic mass is 9.86. The average molecular weight is 375 g/mol. The number of fused-ring (bicyclic) bond motifs is 1. The minimum atomic E-state index is -0.503. The molecular weight excluding hydrogens is 350 g/mol. The van der Waals surface area contributed by atoms with Gasteiger partial charge in [0.2, 0.25) is 11.8 Å². The second kappa shape index (κ2) is 8.65. The fourth-order valence-corrected chi connectivity index (χ4v) is 5.15. The van der Waals surface area contributed by atoms with Crippen LogP contribution in [0.4, 0.5) is 5.00 Å². The number of carbonyl (C=O) groups excluding carboxylic acids is 2. The van der Waals surface area contributed by atoms with Crippen molar-refractivity contribution >= 4 is 28.2 Å². The van der Waals surface area contributed by atoms with Crippen LogP contribution in [0.1, 0.15) is 60.9 Å². The second-order valence-corrected chi connectivity index (χ2v) is 8.24. The van der Waals surface area contributed by atoms with Gasteiger partial charge in [-0.25, -0.2) is 0 Å². The van der Waals surface area contributed by atoms with E-state index in [1.54, 1.807) is 4.90 Å². The molecule has 1 aliphatic heterocycles. The average Bonchev–Trinajstić information content (AvgIpc) is 3.02. The molecule has 2 amide bonds. The normalized spacial score (nSPS) is 17.5. The van der Waals surface area contributed by atoms with Crippen molar-refractivity contribution in [1.82, 2.24) is 4.90 Å². The molecule has 2 heterocycles. The summed E-state index contributed by atoms with van der Waals surface area (Å²) in [6.07, 6.45) is 8.28. The van der Waals surface area contributed by atoms with Gasteiger partial charge in [0.05, 0.1) is 12.1 Å². The number of amides is 2. The molecule has 0 radical (unpaired) electrons. The van der Waals surface area contributed by atoms with Crippen LogP contribution in [0.5, 0.6) is 0 Å². The molecule has 1 aliphatic carbocycles. The Labute approximate surface area is 157 Å². The Morgan fingerprint density at radius 3 is 2.77 bits per heavy atom. The van der Waals surface area contributed by atoms with Gasteiger partial charge in [0.15, 0.2) is 0 Å². The molecule has 0 bridgehead atoms. The molecule has 1 fully saturated rings. The number of carbonyl (C=O) groups is 2. The number of anilines is 1. The van der Waals surface area contributed by atoms with Crippen LogP contribution in [0.2, 0.25) is 0 Å². The summed E-state index contributed by atoms with van der Waals surface area (Å²) in [5.74, 6) is 0.314. The molecule has 6 nitrogen and oxygen atoms in total. The number of thiophene rings is 1. The first-order chi connectivity index (χ1) is 12.6. The monoisotopic (exact) mass is 375 g/mol. The molecule has 1 saturated carbocycles. The first-order valence-electron chi connectivity index (χ1n) is 9.35. The Balaban J connectivity index is 1.63. The van der Waals surface area contributed by atoms with Gasteiger partial charge in [-0.15, -0.1) is 11.3 Å². The predicted octanol–water partition coefficient (Wildman–Crippen LogP) is 2.80. The van der Waals surface area contributed by atoms with E-state index in [0.29, 0.717) is 42.4 Å². The summed E-state index contributed by atoms with van der Waals surface area (Å²) in [5.41, 5.74) is 1.47. The third kappa shape index (κ3) is 4.25. The van der Waals surface area contributed by atoms with Crippen LogP contribution in [-0.2, 0) is 22.6 Å². The summed E-state index contributed by atoms with van der Waals surface area (Å²) in [6.45, 7) is 0.384. The number of aliphatic hydroxyl groups excluding tert-OH is 1. The number of nitriles is 1. The maximum atomic E-state index is 12.3. The summed E-state index contributed by atoms with van der Waals surface area (Å²) in [5, 5.41) is 22.1. The maximum absolute atomic E-state index is 12.3. The highest BCUT2D eigenvalue weighted by Crippen LogP contribution is 2.37. The van der Waals surface area contributed by atoms with Crippen LogP contribution < -0.4 is 5.32 Å². The molecule has 0 unspecified atom stereocenters. The second-order valence-electron chi connectivity index (χ2n) is 7.13. The summed E-state index contributed by atoms with van der Waals surface area (Å²) >= 11 is 1.38. The van der Waals surface area contributed by atoms with E-state index < -0.39 is 6.61 Å². The van der Waals surface area contributed by atoms with E-state index >= 15 is 0 Å². The molecule has 140 valence electrons. The molecule has 2 aliphatic rings. The van der Waals surface area contributed by atoms with E-state index in [9.17, 15) is 14.9 Å². The molecule has 1 aromatic heterocycles. The fraction of sp³-hybridized carbons (Fsp3) is 0.632. The van der Waals surface area contributed by atoms with Crippen LogP contribution in [-0.4, -0.2) is 35.0 Å². The highest BCUT2D eigenvalue weighted by molar-refractivity contribution is 7.16. The van der Waals surface area contributed by atoms with Crippen LogP contribution in [0.3, 0.4) is 0 Å². The third-order valence-corrected chi connectivity index (χ3v) is 6.55. The molecule has 3 rings (SSSR count). The highest BCUT2D eigenvalue weighted by atomic mass is 32.1. The molecule has 1 aromatic rings. The van der Waals surface area contributed by atoms with Crippen LogP contribution >= 0.6 is 11.3 Å². The molecule has 0 aromatic carbocycles. The molecular formula is C19H25N3O3S. The van der Waals surface area contributed by atoms with E-state index in [2.05, 4.69) is 11.4 Å². The Morgan fingerprint density at radius 1 is 1.31 bits per heavy atom. The van der Waals surface area contributed by atoms with Crippen LogP contribution in [0.25, 0.3) is 0 Å². The SMILES string of the molecule is N#Cc1c(NC(=O)CCC2CCCCC2)sc2c1CCN(C(=O)CO)C2. The van der Waals surface area contributed by atoms with Crippen molar-refractivity contribution in [3.63, 3.8) is 0 Å². The first-order valence-corrected chi connectivity index (χ1v) is 10.2. The smallest absolute Gasteiger partial charge is 0.248 e. The minimum absolute atomic E-state index is 0.0334. The topological polar surface area (TPSA) is 93.4 Å². The van der Waals surface area contributed by atoms with E-state index in [-0.39, 0.29) is 11.8 Å². The molecule has 7 heteroatoms. The Hall–Kier alpha value is -1.91. The van der Waals surface area contributed by atoms with Gasteiger partial charge in [0.1, 0.15) is 17.7 Å². The number of hydrogen-bond donors (Lipinski definition) is 2. The summed E-state index contributed by atoms with van der Waals surface area (Å²) in [4.78, 5) is 26.6. The van der Waals surface area contributed by atoms with Gasteiger partial charge in [-0.2, -0.15) is 5.26 Å². The molecule has 0 saturated heterocycles. The van der Waals surface area contributed by atoms with Crippen molar-refractivity contribution in [3.05, 3.63) is 16.0 Å². The third-order valence-electron chi connectivity index (χ3n) is 5.41. The van der Waals surface area contributed by atoms with Crippen LogP contribution in [0.15, 0.2) is 0 Å².